The van der Waals surface area contributed by atoms with Crippen LogP contribution in [0.5, 0.6) is 0 Å². The van der Waals surface area contributed by atoms with E-state index in [1.807, 2.05) is 0 Å². The Hall–Kier alpha value is -2.44. The number of urea groups is 1. The van der Waals surface area contributed by atoms with E-state index in [-0.39, 0.29) is 12.2 Å². The van der Waals surface area contributed by atoms with Gasteiger partial charge in [-0.1, -0.05) is 12.1 Å². The zero-order valence-electron chi connectivity index (χ0n) is 10.1. The number of carbonyl (C=O) groups is 3. The van der Waals surface area contributed by atoms with Gasteiger partial charge in [-0.25, -0.2) is 9.18 Å². The molecule has 1 aromatic carbocycles. The third-order valence-corrected chi connectivity index (χ3v) is 2.80. The summed E-state index contributed by atoms with van der Waals surface area (Å²) in [7, 11) is 0. The largest absolute Gasteiger partial charge is 0.323 e. The molecule has 100 valence electrons. The highest BCUT2D eigenvalue weighted by atomic mass is 19.1. The number of imide groups is 1. The maximum atomic E-state index is 13.4. The van der Waals surface area contributed by atoms with Gasteiger partial charge in [0.05, 0.1) is 5.69 Å². The first-order valence-electron chi connectivity index (χ1n) is 5.65. The van der Waals surface area contributed by atoms with Gasteiger partial charge in [0, 0.05) is 0 Å². The molecule has 4 amide bonds. The first-order valence-corrected chi connectivity index (χ1v) is 5.65. The van der Waals surface area contributed by atoms with Crippen LogP contribution in [0.15, 0.2) is 24.3 Å². The number of piperazine rings is 1. The van der Waals surface area contributed by atoms with Gasteiger partial charge in [0.15, 0.2) is 0 Å². The van der Waals surface area contributed by atoms with Crippen LogP contribution >= 0.6 is 0 Å². The highest BCUT2D eigenvalue weighted by molar-refractivity contribution is 6.05. The molecular formula is C12H12FN3O3. The molecule has 2 rings (SSSR count). The van der Waals surface area contributed by atoms with E-state index in [1.165, 1.54) is 25.1 Å². The first kappa shape index (κ1) is 13.0. The molecule has 19 heavy (non-hydrogen) atoms. The lowest BCUT2D eigenvalue weighted by Gasteiger charge is -2.31. The second kappa shape index (κ2) is 5.05. The van der Waals surface area contributed by atoms with Gasteiger partial charge >= 0.3 is 6.03 Å². The SMILES string of the molecule is CC1C(=O)NC(=O)CN1C(=O)Nc1ccccc1F. The summed E-state index contributed by atoms with van der Waals surface area (Å²) in [5, 5.41) is 4.45. The minimum Gasteiger partial charge on any atom is -0.305 e. The lowest BCUT2D eigenvalue weighted by molar-refractivity contribution is -0.137. The normalized spacial score (nSPS) is 19.1. The van der Waals surface area contributed by atoms with E-state index >= 15 is 0 Å². The summed E-state index contributed by atoms with van der Waals surface area (Å²) in [5.74, 6) is -1.71. The van der Waals surface area contributed by atoms with E-state index < -0.39 is 29.7 Å². The number of hydrogen-bond donors (Lipinski definition) is 2. The molecule has 6 nitrogen and oxygen atoms in total. The van der Waals surface area contributed by atoms with Crippen LogP contribution in [0.2, 0.25) is 0 Å². The summed E-state index contributed by atoms with van der Waals surface area (Å²) < 4.78 is 13.4. The number of carbonyl (C=O) groups excluding carboxylic acids is 3. The van der Waals surface area contributed by atoms with Crippen LogP contribution in [-0.4, -0.2) is 35.3 Å². The summed E-state index contributed by atoms with van der Waals surface area (Å²) in [6.07, 6.45) is 0. The molecule has 0 radical (unpaired) electrons. The van der Waals surface area contributed by atoms with Crippen molar-refractivity contribution in [1.82, 2.24) is 10.2 Å². The molecule has 0 spiro atoms. The Labute approximate surface area is 108 Å². The Morgan fingerprint density at radius 2 is 2.11 bits per heavy atom. The molecule has 7 heteroatoms. The number of nitrogens with zero attached hydrogens (tertiary/aromatic N) is 1. The number of para-hydroxylation sites is 1. The van der Waals surface area contributed by atoms with Crippen LogP contribution in [0, 0.1) is 5.82 Å². The van der Waals surface area contributed by atoms with Crippen molar-refractivity contribution < 1.29 is 18.8 Å². The lowest BCUT2D eigenvalue weighted by atomic mass is 10.2. The van der Waals surface area contributed by atoms with Gasteiger partial charge in [0.2, 0.25) is 11.8 Å². The molecule has 1 saturated heterocycles. The summed E-state index contributed by atoms with van der Waals surface area (Å²) in [4.78, 5) is 35.6. The molecule has 1 fully saturated rings. The van der Waals surface area contributed by atoms with E-state index in [4.69, 9.17) is 0 Å². The fourth-order valence-electron chi connectivity index (χ4n) is 1.71. The van der Waals surface area contributed by atoms with Gasteiger partial charge in [0.1, 0.15) is 18.4 Å². The molecule has 1 unspecified atom stereocenters. The van der Waals surface area contributed by atoms with Crippen molar-refractivity contribution in [2.75, 3.05) is 11.9 Å². The topological polar surface area (TPSA) is 78.5 Å². The van der Waals surface area contributed by atoms with Gasteiger partial charge in [0.25, 0.3) is 0 Å². The minimum absolute atomic E-state index is 0.00173. The molecule has 0 bridgehead atoms. The predicted molar refractivity (Wildman–Crippen MR) is 64.7 cm³/mol. The summed E-state index contributed by atoms with van der Waals surface area (Å²) in [6.45, 7) is 1.25. The van der Waals surface area contributed by atoms with E-state index in [9.17, 15) is 18.8 Å². The van der Waals surface area contributed by atoms with E-state index in [0.29, 0.717) is 0 Å². The van der Waals surface area contributed by atoms with Gasteiger partial charge in [-0.3, -0.25) is 14.9 Å². The van der Waals surface area contributed by atoms with Crippen molar-refractivity contribution in [3.63, 3.8) is 0 Å². The highest BCUT2D eigenvalue weighted by Gasteiger charge is 2.33. The molecule has 2 N–H and O–H groups in total. The summed E-state index contributed by atoms with van der Waals surface area (Å²) in [6, 6.07) is 4.17. The molecule has 0 aromatic heterocycles. The number of benzene rings is 1. The van der Waals surface area contributed by atoms with Crippen molar-refractivity contribution in [2.45, 2.75) is 13.0 Å². The second-order valence-electron chi connectivity index (χ2n) is 4.13. The minimum atomic E-state index is -0.788. The molecule has 0 aliphatic carbocycles. The standard InChI is InChI=1S/C12H12FN3O3/c1-7-11(18)15-10(17)6-16(7)12(19)14-9-5-3-2-4-8(9)13/h2-5,7H,6H2,1H3,(H,14,19)(H,15,17,18). The van der Waals surface area contributed by atoms with Crippen molar-refractivity contribution in [1.29, 1.82) is 0 Å². The van der Waals surface area contributed by atoms with Crippen molar-refractivity contribution in [3.8, 4) is 0 Å². The van der Waals surface area contributed by atoms with Crippen LogP contribution in [0.25, 0.3) is 0 Å². The van der Waals surface area contributed by atoms with Crippen LogP contribution < -0.4 is 10.6 Å². The molecule has 1 heterocycles. The number of rotatable bonds is 1. The predicted octanol–water partition coefficient (Wildman–Crippen LogP) is 0.704. The summed E-state index contributed by atoms with van der Waals surface area (Å²) in [5.41, 5.74) is -0.00173. The molecule has 1 aromatic rings. The molecule has 0 saturated carbocycles. The number of amides is 4. The third kappa shape index (κ3) is 2.70. The number of nitrogens with one attached hydrogen (secondary N) is 2. The zero-order chi connectivity index (χ0) is 14.0. The first-order chi connectivity index (χ1) is 8.99. The quantitative estimate of drug-likeness (QED) is 0.734. The molecule has 1 aliphatic heterocycles. The van der Waals surface area contributed by atoms with Crippen LogP contribution in [-0.2, 0) is 9.59 Å². The van der Waals surface area contributed by atoms with E-state index in [0.717, 1.165) is 4.90 Å². The molecule has 1 aliphatic rings. The summed E-state index contributed by atoms with van der Waals surface area (Å²) >= 11 is 0. The van der Waals surface area contributed by atoms with Crippen molar-refractivity contribution in [2.24, 2.45) is 0 Å². The zero-order valence-corrected chi connectivity index (χ0v) is 10.1. The Balaban J connectivity index is 2.13. The number of anilines is 1. The maximum absolute atomic E-state index is 13.4. The average Bonchev–Trinajstić information content (AvgIpc) is 2.36. The fourth-order valence-corrected chi connectivity index (χ4v) is 1.71. The number of halogens is 1. The van der Waals surface area contributed by atoms with Crippen molar-refractivity contribution >= 4 is 23.5 Å². The van der Waals surface area contributed by atoms with E-state index in [2.05, 4.69) is 10.6 Å². The van der Waals surface area contributed by atoms with Gasteiger partial charge < -0.3 is 10.2 Å². The second-order valence-corrected chi connectivity index (χ2v) is 4.13. The Morgan fingerprint density at radius 3 is 2.79 bits per heavy atom. The molecule has 1 atom stereocenters. The average molecular weight is 265 g/mol. The van der Waals surface area contributed by atoms with Crippen LogP contribution in [0.4, 0.5) is 14.9 Å². The monoisotopic (exact) mass is 265 g/mol. The Morgan fingerprint density at radius 1 is 1.42 bits per heavy atom. The fraction of sp³-hybridized carbons (Fsp3) is 0.250. The third-order valence-electron chi connectivity index (χ3n) is 2.80. The Bertz CT molecular complexity index is 547. The highest BCUT2D eigenvalue weighted by Crippen LogP contribution is 2.14. The number of hydrogen-bond acceptors (Lipinski definition) is 3. The molecular weight excluding hydrogens is 253 g/mol. The maximum Gasteiger partial charge on any atom is 0.323 e. The van der Waals surface area contributed by atoms with E-state index in [1.54, 1.807) is 6.07 Å². The van der Waals surface area contributed by atoms with Crippen molar-refractivity contribution in [3.05, 3.63) is 30.1 Å². The van der Waals surface area contributed by atoms with Crippen LogP contribution in [0.3, 0.4) is 0 Å². The van der Waals surface area contributed by atoms with Gasteiger partial charge in [-0.2, -0.15) is 0 Å². The van der Waals surface area contributed by atoms with Crippen LogP contribution in [0.1, 0.15) is 6.92 Å². The smallest absolute Gasteiger partial charge is 0.305 e. The Kier molecular flexibility index (Phi) is 3.46. The van der Waals surface area contributed by atoms with Gasteiger partial charge in [-0.05, 0) is 19.1 Å². The lowest BCUT2D eigenvalue weighted by Crippen LogP contribution is -2.59. The van der Waals surface area contributed by atoms with Gasteiger partial charge in [-0.15, -0.1) is 0 Å².